The van der Waals surface area contributed by atoms with E-state index in [1.165, 1.54) is 44.9 Å². The molecular formula is C31H52O3. The van der Waals surface area contributed by atoms with Crippen LogP contribution in [0.1, 0.15) is 119 Å². The summed E-state index contributed by atoms with van der Waals surface area (Å²) in [6.45, 7) is 17.4. The van der Waals surface area contributed by atoms with Crippen LogP contribution in [0.2, 0.25) is 0 Å². The first-order valence-electron chi connectivity index (χ1n) is 14.4. The second-order valence-corrected chi connectivity index (χ2v) is 15.7. The molecule has 34 heavy (non-hydrogen) atoms. The van der Waals surface area contributed by atoms with Gasteiger partial charge in [0.1, 0.15) is 0 Å². The number of esters is 1. The lowest BCUT2D eigenvalue weighted by molar-refractivity contribution is -0.255. The molecule has 0 heterocycles. The van der Waals surface area contributed by atoms with Crippen molar-refractivity contribution >= 4 is 5.97 Å². The molecule has 1 N–H and O–H groups in total. The fourth-order valence-corrected chi connectivity index (χ4v) is 11.6. The zero-order valence-electron chi connectivity index (χ0n) is 23.4. The summed E-state index contributed by atoms with van der Waals surface area (Å²) >= 11 is 0. The summed E-state index contributed by atoms with van der Waals surface area (Å²) in [6.07, 6.45) is 12.5. The molecule has 5 saturated carbocycles. The number of fused-ring (bicyclic) bond motifs is 7. The molecule has 0 spiro atoms. The van der Waals surface area contributed by atoms with Crippen molar-refractivity contribution in [1.82, 2.24) is 0 Å². The van der Waals surface area contributed by atoms with Crippen molar-refractivity contribution in [3.05, 3.63) is 0 Å². The molecule has 5 rings (SSSR count). The van der Waals surface area contributed by atoms with Gasteiger partial charge in [-0.1, -0.05) is 48.5 Å². The number of carbonyl (C=O) groups is 1. The number of aliphatic hydroxyl groups is 1. The van der Waals surface area contributed by atoms with Crippen molar-refractivity contribution in [3.8, 4) is 0 Å². The average molecular weight is 473 g/mol. The third kappa shape index (κ3) is 3.00. The summed E-state index contributed by atoms with van der Waals surface area (Å²) in [7, 11) is 1.61. The first-order valence-corrected chi connectivity index (χ1v) is 14.4. The van der Waals surface area contributed by atoms with Gasteiger partial charge < -0.3 is 9.84 Å². The maximum absolute atomic E-state index is 13.4. The number of aliphatic hydroxyl groups excluding tert-OH is 1. The molecule has 0 saturated heterocycles. The van der Waals surface area contributed by atoms with Crippen LogP contribution >= 0.6 is 0 Å². The lowest BCUT2D eigenvalue weighted by Gasteiger charge is -2.73. The quantitative estimate of drug-likeness (QED) is 0.404. The van der Waals surface area contributed by atoms with Crippen LogP contribution < -0.4 is 0 Å². The van der Waals surface area contributed by atoms with Crippen molar-refractivity contribution in [2.45, 2.75) is 125 Å². The molecule has 3 nitrogen and oxygen atoms in total. The Kier molecular flexibility index (Phi) is 5.52. The van der Waals surface area contributed by atoms with E-state index in [9.17, 15) is 9.90 Å². The molecule has 0 aliphatic heterocycles. The van der Waals surface area contributed by atoms with Crippen LogP contribution in [0.15, 0.2) is 0 Å². The first-order chi connectivity index (χ1) is 15.7. The van der Waals surface area contributed by atoms with E-state index in [4.69, 9.17) is 4.74 Å². The fourth-order valence-electron chi connectivity index (χ4n) is 11.6. The second kappa shape index (κ2) is 7.48. The Morgan fingerprint density at radius 2 is 1.41 bits per heavy atom. The van der Waals surface area contributed by atoms with Crippen LogP contribution in [0.5, 0.6) is 0 Å². The minimum atomic E-state index is -0.254. The topological polar surface area (TPSA) is 46.5 Å². The number of hydrogen-bond acceptors (Lipinski definition) is 3. The molecule has 0 amide bonds. The van der Waals surface area contributed by atoms with E-state index in [0.717, 1.165) is 25.7 Å². The highest BCUT2D eigenvalue weighted by Gasteiger charge is 2.71. The van der Waals surface area contributed by atoms with Crippen LogP contribution in [0.4, 0.5) is 0 Å². The Balaban J connectivity index is 1.54. The highest BCUT2D eigenvalue weighted by Crippen LogP contribution is 2.77. The van der Waals surface area contributed by atoms with E-state index in [1.54, 1.807) is 7.11 Å². The number of ether oxygens (including phenoxy) is 1. The first kappa shape index (κ1) is 25.1. The Labute approximate surface area is 209 Å². The minimum Gasteiger partial charge on any atom is -0.469 e. The molecule has 3 heteroatoms. The molecule has 5 aliphatic carbocycles. The molecular weight excluding hydrogens is 420 g/mol. The van der Waals surface area contributed by atoms with Crippen molar-refractivity contribution < 1.29 is 14.6 Å². The highest BCUT2D eigenvalue weighted by atomic mass is 16.5. The zero-order chi connectivity index (χ0) is 24.9. The number of rotatable bonds is 1. The lowest BCUT2D eigenvalue weighted by atomic mass is 9.31. The predicted molar refractivity (Wildman–Crippen MR) is 137 cm³/mol. The molecule has 9 atom stereocenters. The van der Waals surface area contributed by atoms with Crippen LogP contribution in [0, 0.1) is 56.2 Å². The van der Waals surface area contributed by atoms with E-state index in [2.05, 4.69) is 48.5 Å². The van der Waals surface area contributed by atoms with E-state index in [1.807, 2.05) is 0 Å². The maximum atomic E-state index is 13.4. The SMILES string of the molecule is COC(=O)[C@]12CCC(C)(C)C[C@H]1[C@@H]1CC[C@@H]3[C@@]4(C)CC[C@H](O)C(C)(C)C4CC[C@@]3(C)[C@]1(C)CC2. The monoisotopic (exact) mass is 472 g/mol. The van der Waals surface area contributed by atoms with Gasteiger partial charge in [-0.25, -0.2) is 0 Å². The third-order valence-corrected chi connectivity index (χ3v) is 13.8. The Morgan fingerprint density at radius 1 is 0.735 bits per heavy atom. The van der Waals surface area contributed by atoms with Gasteiger partial charge in [-0.3, -0.25) is 4.79 Å². The Bertz CT molecular complexity index is 846. The van der Waals surface area contributed by atoms with Crippen molar-refractivity contribution in [3.63, 3.8) is 0 Å². The van der Waals surface area contributed by atoms with E-state index < -0.39 is 0 Å². The van der Waals surface area contributed by atoms with Crippen LogP contribution in [-0.4, -0.2) is 24.3 Å². The largest absolute Gasteiger partial charge is 0.469 e. The fraction of sp³-hybridized carbons (Fsp3) is 0.968. The zero-order valence-corrected chi connectivity index (χ0v) is 23.4. The number of methoxy groups -OCH3 is 1. The summed E-state index contributed by atoms with van der Waals surface area (Å²) < 4.78 is 5.52. The minimum absolute atomic E-state index is 0.00603. The van der Waals surface area contributed by atoms with Gasteiger partial charge in [0, 0.05) is 0 Å². The van der Waals surface area contributed by atoms with Crippen molar-refractivity contribution in [1.29, 1.82) is 0 Å². The Hall–Kier alpha value is -0.570. The van der Waals surface area contributed by atoms with Crippen LogP contribution in [-0.2, 0) is 9.53 Å². The van der Waals surface area contributed by atoms with Crippen LogP contribution in [0.25, 0.3) is 0 Å². The van der Waals surface area contributed by atoms with Crippen molar-refractivity contribution in [2.75, 3.05) is 7.11 Å². The summed E-state index contributed by atoms with van der Waals surface area (Å²) in [4.78, 5) is 13.4. The highest BCUT2D eigenvalue weighted by molar-refractivity contribution is 5.77. The third-order valence-electron chi connectivity index (χ3n) is 13.8. The van der Waals surface area contributed by atoms with E-state index in [0.29, 0.717) is 39.9 Å². The summed E-state index contributed by atoms with van der Waals surface area (Å²) in [6, 6.07) is 0. The number of hydrogen-bond donors (Lipinski definition) is 1. The van der Waals surface area contributed by atoms with Gasteiger partial charge in [-0.15, -0.1) is 0 Å². The summed E-state index contributed by atoms with van der Waals surface area (Å²) in [5.74, 6) is 2.47. The molecule has 0 aromatic heterocycles. The molecule has 0 aromatic carbocycles. The van der Waals surface area contributed by atoms with Gasteiger partial charge in [0.25, 0.3) is 0 Å². The molecule has 194 valence electrons. The molecule has 0 aromatic rings. The van der Waals surface area contributed by atoms with Crippen molar-refractivity contribution in [2.24, 2.45) is 56.2 Å². The molecule has 0 bridgehead atoms. The molecule has 0 radical (unpaired) electrons. The number of carbonyl (C=O) groups excluding carboxylic acids is 1. The lowest BCUT2D eigenvalue weighted by Crippen LogP contribution is -2.67. The summed E-state index contributed by atoms with van der Waals surface area (Å²) in [5, 5.41) is 10.9. The summed E-state index contributed by atoms with van der Waals surface area (Å²) in [5.41, 5.74) is 0.961. The normalized spacial score (nSPS) is 53.5. The van der Waals surface area contributed by atoms with Gasteiger partial charge in [0.05, 0.1) is 18.6 Å². The van der Waals surface area contributed by atoms with E-state index in [-0.39, 0.29) is 28.3 Å². The van der Waals surface area contributed by atoms with Gasteiger partial charge in [-0.2, -0.15) is 0 Å². The van der Waals surface area contributed by atoms with Gasteiger partial charge in [0.2, 0.25) is 0 Å². The maximum Gasteiger partial charge on any atom is 0.312 e. The van der Waals surface area contributed by atoms with Crippen LogP contribution in [0.3, 0.4) is 0 Å². The second-order valence-electron chi connectivity index (χ2n) is 15.7. The van der Waals surface area contributed by atoms with Gasteiger partial charge in [0.15, 0.2) is 0 Å². The predicted octanol–water partition coefficient (Wildman–Crippen LogP) is 7.40. The van der Waals surface area contributed by atoms with E-state index >= 15 is 0 Å². The van der Waals surface area contributed by atoms with Gasteiger partial charge in [-0.05, 0) is 121 Å². The molecule has 5 aliphatic rings. The van der Waals surface area contributed by atoms with Gasteiger partial charge >= 0.3 is 5.97 Å². The smallest absolute Gasteiger partial charge is 0.312 e. The molecule has 5 fully saturated rings. The molecule has 1 unspecified atom stereocenters. The Morgan fingerprint density at radius 3 is 2.09 bits per heavy atom. The standard InChI is InChI=1S/C31H52O3/c1-26(2)15-17-31(25(33)34-8)18-16-29(6)20(21(31)19-26)9-10-23-28(5)13-12-24(32)27(3,4)22(28)11-14-30(23,29)7/h20-24,32H,9-19H2,1-8H3/t20-,21-,22?,23+,24-,28-,29+,30+,31-/m0/s1. The average Bonchev–Trinajstić information content (AvgIpc) is 2.76.